The lowest BCUT2D eigenvalue weighted by molar-refractivity contribution is 0.0296. The van der Waals surface area contributed by atoms with Crippen LogP contribution in [0.15, 0.2) is 29.2 Å². The first-order valence-electron chi connectivity index (χ1n) is 9.71. The molecule has 0 saturated carbocycles. The van der Waals surface area contributed by atoms with E-state index in [-0.39, 0.29) is 17.6 Å². The third-order valence-corrected chi connectivity index (χ3v) is 6.64. The van der Waals surface area contributed by atoms with Gasteiger partial charge in [-0.15, -0.1) is 0 Å². The van der Waals surface area contributed by atoms with Crippen molar-refractivity contribution in [3.05, 3.63) is 35.5 Å². The van der Waals surface area contributed by atoms with E-state index in [4.69, 9.17) is 14.6 Å². The van der Waals surface area contributed by atoms with Crippen LogP contribution in [0.2, 0.25) is 0 Å². The first-order chi connectivity index (χ1) is 13.7. The van der Waals surface area contributed by atoms with Crippen molar-refractivity contribution in [2.75, 3.05) is 39.5 Å². The van der Waals surface area contributed by atoms with Gasteiger partial charge in [0.2, 0.25) is 0 Å². The largest absolute Gasteiger partial charge is 0.381 e. The van der Waals surface area contributed by atoms with E-state index in [1.165, 1.54) is 0 Å². The number of carbonyl (C=O) groups is 1. The number of benzene rings is 1. The van der Waals surface area contributed by atoms with Gasteiger partial charge in [-0.25, -0.2) is 4.39 Å². The van der Waals surface area contributed by atoms with Crippen LogP contribution in [-0.4, -0.2) is 60.1 Å². The average Bonchev–Trinajstić information content (AvgIpc) is 3.16. The zero-order valence-corrected chi connectivity index (χ0v) is 16.3. The highest BCUT2D eigenvalue weighted by Crippen LogP contribution is 2.51. The number of alkyl halides is 1. The van der Waals surface area contributed by atoms with Crippen LogP contribution >= 0.6 is 11.8 Å². The minimum absolute atomic E-state index is 0.108. The monoisotopic (exact) mass is 403 g/mol. The summed E-state index contributed by atoms with van der Waals surface area (Å²) < 4.78 is 28.1. The van der Waals surface area contributed by atoms with Gasteiger partial charge in [0.05, 0.1) is 30.5 Å². The molecule has 0 N–H and O–H groups in total. The molecule has 1 atom stereocenters. The van der Waals surface area contributed by atoms with Crippen molar-refractivity contribution in [1.29, 1.82) is 0 Å². The molecule has 148 valence electrons. The Morgan fingerprint density at radius 1 is 1.11 bits per heavy atom. The molecule has 4 heterocycles. The Morgan fingerprint density at radius 3 is 2.61 bits per heavy atom. The van der Waals surface area contributed by atoms with Gasteiger partial charge in [0.1, 0.15) is 0 Å². The van der Waals surface area contributed by atoms with Crippen molar-refractivity contribution in [3.8, 4) is 11.3 Å². The van der Waals surface area contributed by atoms with Crippen molar-refractivity contribution in [2.24, 2.45) is 0 Å². The molecule has 3 aliphatic heterocycles. The Kier molecular flexibility index (Phi) is 4.86. The first kappa shape index (κ1) is 18.1. The van der Waals surface area contributed by atoms with Crippen LogP contribution < -0.4 is 0 Å². The summed E-state index contributed by atoms with van der Waals surface area (Å²) in [5, 5.41) is 4.72. The van der Waals surface area contributed by atoms with E-state index in [0.29, 0.717) is 45.1 Å². The van der Waals surface area contributed by atoms with Crippen molar-refractivity contribution >= 4 is 17.7 Å². The fourth-order valence-corrected chi connectivity index (χ4v) is 5.15. The van der Waals surface area contributed by atoms with E-state index in [1.54, 1.807) is 4.90 Å². The molecular weight excluding hydrogens is 381 g/mol. The Labute approximate surface area is 167 Å². The van der Waals surface area contributed by atoms with E-state index < -0.39 is 5.50 Å². The summed E-state index contributed by atoms with van der Waals surface area (Å²) in [7, 11) is 0. The quantitative estimate of drug-likeness (QED) is 0.769. The number of thioether (sulfide) groups is 1. The molecule has 0 aliphatic carbocycles. The van der Waals surface area contributed by atoms with Gasteiger partial charge in [-0.1, -0.05) is 30.0 Å². The van der Waals surface area contributed by atoms with E-state index >= 15 is 4.39 Å². The van der Waals surface area contributed by atoms with Gasteiger partial charge in [-0.3, -0.25) is 9.48 Å². The van der Waals surface area contributed by atoms with Gasteiger partial charge in [-0.05, 0) is 18.9 Å². The predicted molar refractivity (Wildman–Crippen MR) is 103 cm³/mol. The molecule has 2 fully saturated rings. The molecule has 1 aromatic heterocycles. The molecule has 0 radical (unpaired) electrons. The number of amides is 1. The molecule has 2 saturated heterocycles. The third kappa shape index (κ3) is 3.03. The Balaban J connectivity index is 1.65. The number of nitrogens with zero attached hydrogens (tertiary/aromatic N) is 3. The molecule has 8 heteroatoms. The summed E-state index contributed by atoms with van der Waals surface area (Å²) in [4.78, 5) is 15.8. The van der Waals surface area contributed by atoms with Crippen molar-refractivity contribution in [3.63, 3.8) is 0 Å². The van der Waals surface area contributed by atoms with Gasteiger partial charge < -0.3 is 14.4 Å². The molecule has 1 unspecified atom stereocenters. The molecule has 2 aromatic rings. The molecule has 1 amide bonds. The number of aromatic nitrogens is 2. The van der Waals surface area contributed by atoms with Gasteiger partial charge >= 0.3 is 0 Å². The second-order valence-corrected chi connectivity index (χ2v) is 8.32. The Hall–Kier alpha value is -1.90. The number of hydrogen-bond donors (Lipinski definition) is 0. The number of fused-ring (bicyclic) bond motifs is 3. The normalized spacial score (nSPS) is 22.6. The fourth-order valence-electron chi connectivity index (χ4n) is 4.13. The van der Waals surface area contributed by atoms with Gasteiger partial charge in [-0.2, -0.15) is 5.10 Å². The second-order valence-electron chi connectivity index (χ2n) is 7.23. The van der Waals surface area contributed by atoms with Crippen LogP contribution in [0.25, 0.3) is 11.3 Å². The zero-order chi connectivity index (χ0) is 19.1. The van der Waals surface area contributed by atoms with Crippen molar-refractivity contribution in [2.45, 2.75) is 29.3 Å². The average molecular weight is 403 g/mol. The summed E-state index contributed by atoms with van der Waals surface area (Å²) in [6, 6.07) is 7.90. The molecule has 5 rings (SSSR count). The summed E-state index contributed by atoms with van der Waals surface area (Å²) in [6.45, 7) is 3.34. The summed E-state index contributed by atoms with van der Waals surface area (Å²) in [6.07, 6.45) is 1.62. The van der Waals surface area contributed by atoms with Crippen molar-refractivity contribution < 1.29 is 18.7 Å². The maximum Gasteiger partial charge on any atom is 0.274 e. The summed E-state index contributed by atoms with van der Waals surface area (Å²) >= 11 is 1.15. The van der Waals surface area contributed by atoms with Crippen LogP contribution in [-0.2, 0) is 9.47 Å². The molecular formula is C20H22FN3O3S. The summed E-state index contributed by atoms with van der Waals surface area (Å²) in [5.74, 6) is -0.201. The molecule has 1 aromatic carbocycles. The molecule has 28 heavy (non-hydrogen) atoms. The maximum absolute atomic E-state index is 15.3. The third-order valence-electron chi connectivity index (χ3n) is 5.58. The van der Waals surface area contributed by atoms with Crippen molar-refractivity contribution in [1.82, 2.24) is 14.7 Å². The van der Waals surface area contributed by atoms with Gasteiger partial charge in [0, 0.05) is 36.8 Å². The SMILES string of the molecule is O=C(c1nn(C2CCOCC2)c2c1C(F)Sc1ccccc1-2)N1CCOCC1. The minimum Gasteiger partial charge on any atom is -0.381 e. The minimum atomic E-state index is -1.31. The fraction of sp³-hybridized carbons (Fsp3) is 0.500. The van der Waals surface area contributed by atoms with Crippen LogP contribution in [0.5, 0.6) is 0 Å². The number of ether oxygens (including phenoxy) is 2. The Bertz CT molecular complexity index is 891. The molecule has 6 nitrogen and oxygen atoms in total. The second kappa shape index (κ2) is 7.50. The molecule has 0 bridgehead atoms. The van der Waals surface area contributed by atoms with Crippen LogP contribution in [0.1, 0.15) is 40.4 Å². The lowest BCUT2D eigenvalue weighted by Gasteiger charge is -2.27. The maximum atomic E-state index is 15.3. The first-order valence-corrected chi connectivity index (χ1v) is 10.6. The van der Waals surface area contributed by atoms with Crippen LogP contribution in [0.4, 0.5) is 4.39 Å². The smallest absolute Gasteiger partial charge is 0.274 e. The van der Waals surface area contributed by atoms with E-state index in [2.05, 4.69) is 0 Å². The molecule has 3 aliphatic rings. The number of morpholine rings is 1. The predicted octanol–water partition coefficient (Wildman–Crippen LogP) is 3.45. The Morgan fingerprint density at radius 2 is 1.82 bits per heavy atom. The highest BCUT2D eigenvalue weighted by molar-refractivity contribution is 7.99. The highest BCUT2D eigenvalue weighted by atomic mass is 32.2. The van der Waals surface area contributed by atoms with Gasteiger partial charge in [0.25, 0.3) is 5.91 Å². The van der Waals surface area contributed by atoms with Crippen LogP contribution in [0.3, 0.4) is 0 Å². The van der Waals surface area contributed by atoms with E-state index in [1.807, 2.05) is 28.9 Å². The van der Waals surface area contributed by atoms with E-state index in [0.717, 1.165) is 40.8 Å². The molecule has 0 spiro atoms. The lowest BCUT2D eigenvalue weighted by atomic mass is 10.0. The standard InChI is InChI=1S/C20H22FN3O3S/c21-19-16-17(20(25)23-7-11-27-12-8-23)22-24(13-5-9-26-10-6-13)18(16)14-3-1-2-4-15(14)28-19/h1-4,13,19H,5-12H2. The highest BCUT2D eigenvalue weighted by Gasteiger charge is 2.38. The van der Waals surface area contributed by atoms with Crippen LogP contribution in [0, 0.1) is 0 Å². The number of halogens is 1. The number of carbonyl (C=O) groups excluding carboxylic acids is 1. The van der Waals surface area contributed by atoms with E-state index in [9.17, 15) is 4.79 Å². The summed E-state index contributed by atoms with van der Waals surface area (Å²) in [5.41, 5.74) is 1.07. The van der Waals surface area contributed by atoms with Gasteiger partial charge in [0.15, 0.2) is 11.2 Å². The number of rotatable bonds is 2. The zero-order valence-electron chi connectivity index (χ0n) is 15.5. The lowest BCUT2D eigenvalue weighted by Crippen LogP contribution is -2.41. The topological polar surface area (TPSA) is 56.6 Å². The number of hydrogen-bond acceptors (Lipinski definition) is 5.